The topological polar surface area (TPSA) is 38.1 Å². The molecule has 6 heteroatoms. The molecule has 1 aromatic carbocycles. The molecule has 0 unspecified atom stereocenters. The van der Waals surface area contributed by atoms with Crippen LogP contribution in [-0.2, 0) is 6.54 Å². The minimum absolute atomic E-state index is 0.119. The van der Waals surface area contributed by atoms with Crippen molar-refractivity contribution in [1.82, 2.24) is 14.7 Å². The minimum Gasteiger partial charge on any atom is -0.338 e. The molecule has 1 aliphatic carbocycles. The number of halogens is 1. The van der Waals surface area contributed by atoms with Crippen LogP contribution in [0.15, 0.2) is 30.3 Å². The summed E-state index contributed by atoms with van der Waals surface area (Å²) in [5.41, 5.74) is 1.91. The highest BCUT2D eigenvalue weighted by atomic mass is 32.1. The summed E-state index contributed by atoms with van der Waals surface area (Å²) in [6, 6.07) is 8.44. The first-order valence-electron chi connectivity index (χ1n) is 9.05. The highest BCUT2D eigenvalue weighted by Gasteiger charge is 2.27. The Morgan fingerprint density at radius 1 is 1.35 bits per heavy atom. The van der Waals surface area contributed by atoms with E-state index in [1.807, 2.05) is 29.5 Å². The molecular weight excluding hydrogens is 349 g/mol. The van der Waals surface area contributed by atoms with E-state index in [0.29, 0.717) is 12.5 Å². The Morgan fingerprint density at radius 2 is 2.08 bits per heavy atom. The summed E-state index contributed by atoms with van der Waals surface area (Å²) in [6.45, 7) is 6.17. The lowest BCUT2D eigenvalue weighted by molar-refractivity contribution is 0.0762. The Balaban J connectivity index is 1.62. The number of carbonyl (C=O) groups excluding carboxylic acids is 1. The van der Waals surface area contributed by atoms with Crippen molar-refractivity contribution in [3.8, 4) is 0 Å². The molecule has 136 valence electrons. The standard InChI is InChI=1S/C20H22FN3OS/c1-3-23(11-14-4-5-14)19(25)18-10-17-13(2)22-24(20(17)26-18)12-15-6-8-16(21)9-7-15/h6-10,14H,3-5,11-12H2,1-2H3. The van der Waals surface area contributed by atoms with Gasteiger partial charge in [-0.15, -0.1) is 11.3 Å². The van der Waals surface area contributed by atoms with Gasteiger partial charge in [-0.1, -0.05) is 12.1 Å². The van der Waals surface area contributed by atoms with E-state index in [2.05, 4.69) is 5.10 Å². The van der Waals surface area contributed by atoms with Crippen LogP contribution in [0.5, 0.6) is 0 Å². The molecule has 0 saturated heterocycles. The molecule has 1 aliphatic rings. The summed E-state index contributed by atoms with van der Waals surface area (Å²) in [6.07, 6.45) is 2.48. The fraction of sp³-hybridized carbons (Fsp3) is 0.400. The van der Waals surface area contributed by atoms with Gasteiger partial charge >= 0.3 is 0 Å². The summed E-state index contributed by atoms with van der Waals surface area (Å²) in [5, 5.41) is 5.63. The lowest BCUT2D eigenvalue weighted by Gasteiger charge is -2.19. The van der Waals surface area contributed by atoms with E-state index in [-0.39, 0.29) is 11.7 Å². The van der Waals surface area contributed by atoms with Crippen molar-refractivity contribution in [2.75, 3.05) is 13.1 Å². The van der Waals surface area contributed by atoms with Crippen LogP contribution in [0.25, 0.3) is 10.2 Å². The maximum Gasteiger partial charge on any atom is 0.264 e. The number of aromatic nitrogens is 2. The second kappa shape index (κ2) is 6.83. The SMILES string of the molecule is CCN(CC1CC1)C(=O)c1cc2c(C)nn(Cc3ccc(F)cc3)c2s1. The number of hydrogen-bond donors (Lipinski definition) is 0. The van der Waals surface area contributed by atoms with Crippen LogP contribution in [0.4, 0.5) is 4.39 Å². The Bertz CT molecular complexity index is 940. The number of rotatable bonds is 6. The molecule has 0 bridgehead atoms. The van der Waals surface area contributed by atoms with Gasteiger partial charge in [0.15, 0.2) is 0 Å². The maximum absolute atomic E-state index is 13.1. The monoisotopic (exact) mass is 371 g/mol. The largest absolute Gasteiger partial charge is 0.338 e. The molecular formula is C20H22FN3OS. The first-order valence-corrected chi connectivity index (χ1v) is 9.87. The van der Waals surface area contributed by atoms with Gasteiger partial charge in [0, 0.05) is 18.5 Å². The van der Waals surface area contributed by atoms with Crippen molar-refractivity contribution in [3.05, 3.63) is 52.3 Å². The normalized spacial score (nSPS) is 14.1. The van der Waals surface area contributed by atoms with Crippen molar-refractivity contribution in [1.29, 1.82) is 0 Å². The van der Waals surface area contributed by atoms with Gasteiger partial charge in [-0.2, -0.15) is 5.10 Å². The van der Waals surface area contributed by atoms with Crippen LogP contribution in [0.1, 0.15) is 40.7 Å². The fourth-order valence-corrected chi connectivity index (χ4v) is 4.34. The Morgan fingerprint density at radius 3 is 2.73 bits per heavy atom. The van der Waals surface area contributed by atoms with E-state index in [1.54, 1.807) is 12.1 Å². The van der Waals surface area contributed by atoms with E-state index in [1.165, 1.54) is 36.3 Å². The Kier molecular flexibility index (Phi) is 4.53. The molecule has 0 N–H and O–H groups in total. The van der Waals surface area contributed by atoms with Crippen molar-refractivity contribution >= 4 is 27.5 Å². The summed E-state index contributed by atoms with van der Waals surface area (Å²) in [5.74, 6) is 0.562. The maximum atomic E-state index is 13.1. The summed E-state index contributed by atoms with van der Waals surface area (Å²) in [7, 11) is 0. The van der Waals surface area contributed by atoms with Gasteiger partial charge in [0.1, 0.15) is 10.6 Å². The van der Waals surface area contributed by atoms with Crippen LogP contribution < -0.4 is 0 Å². The molecule has 4 nitrogen and oxygen atoms in total. The predicted octanol–water partition coefficient (Wildman–Crippen LogP) is 4.47. The molecule has 26 heavy (non-hydrogen) atoms. The van der Waals surface area contributed by atoms with E-state index in [9.17, 15) is 9.18 Å². The van der Waals surface area contributed by atoms with Crippen molar-refractivity contribution < 1.29 is 9.18 Å². The molecule has 2 aromatic heterocycles. The quantitative estimate of drug-likeness (QED) is 0.641. The van der Waals surface area contributed by atoms with E-state index < -0.39 is 0 Å². The van der Waals surface area contributed by atoms with Gasteiger partial charge < -0.3 is 4.90 Å². The number of nitrogens with zero attached hydrogens (tertiary/aromatic N) is 3. The predicted molar refractivity (Wildman–Crippen MR) is 102 cm³/mol. The third kappa shape index (κ3) is 3.38. The zero-order valence-corrected chi connectivity index (χ0v) is 15.9. The zero-order chi connectivity index (χ0) is 18.3. The number of hydrogen-bond acceptors (Lipinski definition) is 3. The van der Waals surface area contributed by atoms with E-state index >= 15 is 0 Å². The smallest absolute Gasteiger partial charge is 0.264 e. The van der Waals surface area contributed by atoms with Crippen molar-refractivity contribution in [2.45, 2.75) is 33.2 Å². The summed E-state index contributed by atoms with van der Waals surface area (Å²) in [4.78, 5) is 16.6. The third-order valence-corrected chi connectivity index (χ3v) is 6.04. The van der Waals surface area contributed by atoms with Gasteiger partial charge in [-0.3, -0.25) is 9.48 Å². The molecule has 0 atom stereocenters. The van der Waals surface area contributed by atoms with Gasteiger partial charge in [0.25, 0.3) is 5.91 Å². The summed E-state index contributed by atoms with van der Waals surface area (Å²) < 4.78 is 15.0. The third-order valence-electron chi connectivity index (χ3n) is 4.91. The van der Waals surface area contributed by atoms with Gasteiger partial charge in [-0.25, -0.2) is 4.39 Å². The number of amides is 1. The first kappa shape index (κ1) is 17.2. The molecule has 1 saturated carbocycles. The lowest BCUT2D eigenvalue weighted by Crippen LogP contribution is -2.32. The number of thiophene rings is 1. The molecule has 0 radical (unpaired) electrons. The average molecular weight is 371 g/mol. The van der Waals surface area contributed by atoms with Gasteiger partial charge in [0.05, 0.1) is 17.1 Å². The zero-order valence-electron chi connectivity index (χ0n) is 15.0. The first-order chi connectivity index (χ1) is 12.5. The second-order valence-corrected chi connectivity index (χ2v) is 8.02. The highest BCUT2D eigenvalue weighted by Crippen LogP contribution is 2.32. The Labute approximate surface area is 156 Å². The molecule has 1 amide bonds. The van der Waals surface area contributed by atoms with E-state index in [4.69, 9.17) is 0 Å². The molecule has 0 spiro atoms. The molecule has 4 rings (SSSR count). The lowest BCUT2D eigenvalue weighted by atomic mass is 10.2. The molecule has 3 aromatic rings. The van der Waals surface area contributed by atoms with Crippen LogP contribution in [0.3, 0.4) is 0 Å². The van der Waals surface area contributed by atoms with Gasteiger partial charge in [-0.05, 0) is 56.4 Å². The number of benzene rings is 1. The fourth-order valence-electron chi connectivity index (χ4n) is 3.21. The van der Waals surface area contributed by atoms with Crippen LogP contribution in [0.2, 0.25) is 0 Å². The number of fused-ring (bicyclic) bond motifs is 1. The minimum atomic E-state index is -0.241. The summed E-state index contributed by atoms with van der Waals surface area (Å²) >= 11 is 1.50. The Hall–Kier alpha value is -2.21. The van der Waals surface area contributed by atoms with Crippen LogP contribution in [-0.4, -0.2) is 33.7 Å². The molecule has 0 aliphatic heterocycles. The van der Waals surface area contributed by atoms with E-state index in [0.717, 1.165) is 39.4 Å². The number of carbonyl (C=O) groups is 1. The second-order valence-electron chi connectivity index (χ2n) is 6.99. The molecule has 1 fully saturated rings. The van der Waals surface area contributed by atoms with Crippen molar-refractivity contribution in [3.63, 3.8) is 0 Å². The average Bonchev–Trinajstić information content (AvgIpc) is 3.26. The number of aryl methyl sites for hydroxylation is 1. The van der Waals surface area contributed by atoms with Crippen molar-refractivity contribution in [2.24, 2.45) is 5.92 Å². The van der Waals surface area contributed by atoms with Crippen LogP contribution in [0, 0.1) is 18.7 Å². The van der Waals surface area contributed by atoms with Gasteiger partial charge in [0.2, 0.25) is 0 Å². The van der Waals surface area contributed by atoms with Crippen LogP contribution >= 0.6 is 11.3 Å². The highest BCUT2D eigenvalue weighted by molar-refractivity contribution is 7.20. The molecule has 2 heterocycles.